The first-order valence-electron chi connectivity index (χ1n) is 13.3. The molecular formula is C31H33N3O3. The largest absolute Gasteiger partial charge is 0.373 e. The van der Waals surface area contributed by atoms with Gasteiger partial charge in [0.15, 0.2) is 5.78 Å². The number of piperidine rings is 1. The van der Waals surface area contributed by atoms with Gasteiger partial charge in [0, 0.05) is 42.4 Å². The van der Waals surface area contributed by atoms with Gasteiger partial charge >= 0.3 is 0 Å². The lowest BCUT2D eigenvalue weighted by atomic mass is 9.68. The Morgan fingerprint density at radius 1 is 1.08 bits per heavy atom. The standard InChI is InChI=1S/C31H33N3O3/c1-19-7-6-14-33(18-19)25-13-11-21(15-26(25)34(36)37)30-29-23(16-31(2,3)17-27(29)35)28-22-9-5-4-8-20(22)10-12-24(28)32-30/h4-5,8-13,15,19,30,32H,6-7,14,16-18H2,1-3H3. The molecule has 0 aromatic heterocycles. The van der Waals surface area contributed by atoms with Crippen molar-refractivity contribution in [2.24, 2.45) is 11.3 Å². The smallest absolute Gasteiger partial charge is 0.292 e. The molecule has 1 saturated heterocycles. The molecule has 2 heterocycles. The fourth-order valence-corrected chi connectivity index (χ4v) is 6.63. The summed E-state index contributed by atoms with van der Waals surface area (Å²) in [5, 5.41) is 18.1. The zero-order valence-electron chi connectivity index (χ0n) is 21.7. The van der Waals surface area contributed by atoms with E-state index in [1.807, 2.05) is 24.3 Å². The number of nitrogens with zero attached hydrogens (tertiary/aromatic N) is 2. The number of fused-ring (bicyclic) bond motifs is 4. The number of hydrogen-bond acceptors (Lipinski definition) is 5. The summed E-state index contributed by atoms with van der Waals surface area (Å²) in [6, 6.07) is 17.6. The van der Waals surface area contributed by atoms with Gasteiger partial charge in [0.05, 0.1) is 11.0 Å². The third-order valence-electron chi connectivity index (χ3n) is 8.27. The van der Waals surface area contributed by atoms with Crippen molar-refractivity contribution in [2.75, 3.05) is 23.3 Å². The second kappa shape index (κ2) is 8.72. The Bertz CT molecular complexity index is 1470. The van der Waals surface area contributed by atoms with E-state index in [4.69, 9.17) is 0 Å². The van der Waals surface area contributed by atoms with Crippen LogP contribution in [0.4, 0.5) is 17.1 Å². The molecule has 6 nitrogen and oxygen atoms in total. The van der Waals surface area contributed by atoms with E-state index in [-0.39, 0.29) is 21.8 Å². The Kier molecular flexibility index (Phi) is 5.59. The van der Waals surface area contributed by atoms with Crippen molar-refractivity contribution in [3.8, 4) is 0 Å². The molecular weight excluding hydrogens is 462 g/mol. The number of carbonyl (C=O) groups is 1. The van der Waals surface area contributed by atoms with Crippen LogP contribution in [0.1, 0.15) is 63.6 Å². The van der Waals surface area contributed by atoms with Crippen molar-refractivity contribution < 1.29 is 9.72 Å². The van der Waals surface area contributed by atoms with Gasteiger partial charge in [-0.25, -0.2) is 0 Å². The van der Waals surface area contributed by atoms with E-state index in [9.17, 15) is 14.9 Å². The van der Waals surface area contributed by atoms with Crippen molar-refractivity contribution in [2.45, 2.75) is 52.5 Å². The number of hydrogen-bond donors (Lipinski definition) is 1. The van der Waals surface area contributed by atoms with Gasteiger partial charge in [0.25, 0.3) is 5.69 Å². The molecule has 2 unspecified atom stereocenters. The number of nitro benzene ring substituents is 1. The van der Waals surface area contributed by atoms with Crippen LogP contribution in [0, 0.1) is 21.4 Å². The normalized spacial score (nSPS) is 22.9. The topological polar surface area (TPSA) is 75.5 Å². The molecule has 3 aromatic carbocycles. The maximum absolute atomic E-state index is 13.7. The lowest BCUT2D eigenvalue weighted by molar-refractivity contribution is -0.384. The molecule has 190 valence electrons. The lowest BCUT2D eigenvalue weighted by Crippen LogP contribution is -2.35. The molecule has 0 bridgehead atoms. The van der Waals surface area contributed by atoms with E-state index in [2.05, 4.69) is 55.3 Å². The number of carbonyl (C=O) groups excluding carboxylic acids is 1. The van der Waals surface area contributed by atoms with E-state index < -0.39 is 6.04 Å². The monoisotopic (exact) mass is 495 g/mol. The highest BCUT2D eigenvalue weighted by molar-refractivity contribution is 6.12. The summed E-state index contributed by atoms with van der Waals surface area (Å²) in [5.74, 6) is 0.634. The van der Waals surface area contributed by atoms with E-state index in [1.54, 1.807) is 6.07 Å². The number of rotatable bonds is 3. The Hall–Kier alpha value is -3.67. The Labute approximate surface area is 217 Å². The van der Waals surface area contributed by atoms with Crippen LogP contribution in [0.5, 0.6) is 0 Å². The van der Waals surface area contributed by atoms with Gasteiger partial charge in [0.2, 0.25) is 0 Å². The molecule has 6 rings (SSSR count). The molecule has 37 heavy (non-hydrogen) atoms. The molecule has 2 atom stereocenters. The number of anilines is 2. The van der Waals surface area contributed by atoms with Gasteiger partial charge in [-0.05, 0) is 64.6 Å². The third kappa shape index (κ3) is 4.08. The maximum atomic E-state index is 13.7. The molecule has 0 saturated carbocycles. The van der Waals surface area contributed by atoms with Crippen LogP contribution in [-0.4, -0.2) is 23.8 Å². The number of nitrogens with one attached hydrogen (secondary N) is 1. The van der Waals surface area contributed by atoms with Gasteiger partial charge in [-0.3, -0.25) is 14.9 Å². The molecule has 3 aliphatic rings. The Morgan fingerprint density at radius 2 is 1.89 bits per heavy atom. The summed E-state index contributed by atoms with van der Waals surface area (Å²) >= 11 is 0. The molecule has 1 N–H and O–H groups in total. The van der Waals surface area contributed by atoms with E-state index >= 15 is 0 Å². The number of benzene rings is 3. The van der Waals surface area contributed by atoms with Gasteiger partial charge in [-0.1, -0.05) is 57.2 Å². The second-order valence-electron chi connectivity index (χ2n) is 11.8. The van der Waals surface area contributed by atoms with Crippen LogP contribution in [0.25, 0.3) is 16.3 Å². The molecule has 2 aliphatic heterocycles. The number of Topliss-reactive ketones (excluding diaryl/α,β-unsaturated/α-hetero) is 1. The van der Waals surface area contributed by atoms with Gasteiger partial charge in [-0.2, -0.15) is 0 Å². The summed E-state index contributed by atoms with van der Waals surface area (Å²) in [6.45, 7) is 8.15. The quantitative estimate of drug-likeness (QED) is 0.305. The highest BCUT2D eigenvalue weighted by Gasteiger charge is 2.41. The number of allylic oxidation sites excluding steroid dienone is 1. The summed E-state index contributed by atoms with van der Waals surface area (Å²) in [5.41, 5.74) is 5.32. The lowest BCUT2D eigenvalue weighted by Gasteiger charge is -2.40. The van der Waals surface area contributed by atoms with Crippen molar-refractivity contribution in [1.82, 2.24) is 0 Å². The van der Waals surface area contributed by atoms with Crippen LogP contribution >= 0.6 is 0 Å². The van der Waals surface area contributed by atoms with Crippen LogP contribution < -0.4 is 10.2 Å². The fourth-order valence-electron chi connectivity index (χ4n) is 6.63. The van der Waals surface area contributed by atoms with E-state index in [0.717, 1.165) is 71.1 Å². The first-order valence-corrected chi connectivity index (χ1v) is 13.3. The van der Waals surface area contributed by atoms with Crippen molar-refractivity contribution in [1.29, 1.82) is 0 Å². The SMILES string of the molecule is CC1CCCN(c2ccc(C3Nc4ccc5ccccc5c4C4=C3C(=O)CC(C)(C)C4)cc2[N+](=O)[O-])C1. The third-order valence-corrected chi connectivity index (χ3v) is 8.27. The molecule has 0 amide bonds. The summed E-state index contributed by atoms with van der Waals surface area (Å²) in [7, 11) is 0. The molecule has 1 aliphatic carbocycles. The van der Waals surface area contributed by atoms with Crippen LogP contribution in [0.15, 0.2) is 60.2 Å². The molecule has 3 aromatic rings. The highest BCUT2D eigenvalue weighted by Crippen LogP contribution is 2.52. The van der Waals surface area contributed by atoms with Crippen molar-refractivity contribution in [3.63, 3.8) is 0 Å². The highest BCUT2D eigenvalue weighted by atomic mass is 16.6. The number of ketones is 1. The zero-order chi connectivity index (χ0) is 25.9. The van der Waals surface area contributed by atoms with Crippen LogP contribution in [0.3, 0.4) is 0 Å². The molecule has 0 spiro atoms. The first-order chi connectivity index (χ1) is 17.7. The summed E-state index contributed by atoms with van der Waals surface area (Å²) in [4.78, 5) is 27.8. The summed E-state index contributed by atoms with van der Waals surface area (Å²) < 4.78 is 0. The Morgan fingerprint density at radius 3 is 2.68 bits per heavy atom. The summed E-state index contributed by atoms with van der Waals surface area (Å²) in [6.07, 6.45) is 3.45. The van der Waals surface area contributed by atoms with Crippen LogP contribution in [-0.2, 0) is 4.79 Å². The molecule has 1 fully saturated rings. The average molecular weight is 496 g/mol. The molecule has 6 heteroatoms. The predicted octanol–water partition coefficient (Wildman–Crippen LogP) is 7.29. The maximum Gasteiger partial charge on any atom is 0.292 e. The minimum atomic E-state index is -0.416. The molecule has 0 radical (unpaired) electrons. The second-order valence-corrected chi connectivity index (χ2v) is 11.8. The van der Waals surface area contributed by atoms with Gasteiger partial charge in [-0.15, -0.1) is 0 Å². The zero-order valence-corrected chi connectivity index (χ0v) is 21.7. The van der Waals surface area contributed by atoms with Crippen molar-refractivity contribution in [3.05, 3.63) is 81.4 Å². The minimum absolute atomic E-state index is 0.114. The average Bonchev–Trinajstić information content (AvgIpc) is 2.86. The van der Waals surface area contributed by atoms with E-state index in [1.165, 1.54) is 0 Å². The van der Waals surface area contributed by atoms with E-state index in [0.29, 0.717) is 18.0 Å². The minimum Gasteiger partial charge on any atom is -0.373 e. The predicted molar refractivity (Wildman–Crippen MR) is 149 cm³/mol. The van der Waals surface area contributed by atoms with Crippen molar-refractivity contribution >= 4 is 39.2 Å². The fraction of sp³-hybridized carbons (Fsp3) is 0.387. The number of nitro groups is 1. The first kappa shape index (κ1) is 23.7. The van der Waals surface area contributed by atoms with Gasteiger partial charge in [0.1, 0.15) is 5.69 Å². The Balaban J connectivity index is 1.51. The van der Waals surface area contributed by atoms with Gasteiger partial charge < -0.3 is 10.2 Å². The van der Waals surface area contributed by atoms with Crippen LogP contribution in [0.2, 0.25) is 0 Å².